The van der Waals surface area contributed by atoms with Crippen LogP contribution in [0, 0.1) is 11.7 Å². The van der Waals surface area contributed by atoms with Gasteiger partial charge in [-0.15, -0.1) is 11.3 Å². The number of halogens is 1. The van der Waals surface area contributed by atoms with E-state index in [9.17, 15) is 14.3 Å². The third-order valence-corrected chi connectivity index (χ3v) is 5.41. The van der Waals surface area contributed by atoms with Gasteiger partial charge in [0.1, 0.15) is 0 Å². The first-order valence-electron chi connectivity index (χ1n) is 7.69. The van der Waals surface area contributed by atoms with Crippen LogP contribution in [0.2, 0.25) is 0 Å². The molecular formula is C17H19FO4S. The zero-order valence-corrected chi connectivity index (χ0v) is 13.9. The molecule has 1 fully saturated rings. The van der Waals surface area contributed by atoms with Crippen LogP contribution in [0.25, 0.3) is 10.1 Å². The molecule has 0 aliphatic heterocycles. The summed E-state index contributed by atoms with van der Waals surface area (Å²) in [6, 6.07) is 2.83. The number of carbonyl (C=O) groups is 1. The number of thiophene rings is 1. The third kappa shape index (κ3) is 3.13. The van der Waals surface area contributed by atoms with Crippen molar-refractivity contribution < 1.29 is 23.8 Å². The fourth-order valence-electron chi connectivity index (χ4n) is 3.14. The van der Waals surface area contributed by atoms with Gasteiger partial charge in [-0.2, -0.15) is 0 Å². The molecule has 3 rings (SSSR count). The Kier molecular flexibility index (Phi) is 4.43. The van der Waals surface area contributed by atoms with Gasteiger partial charge in [0, 0.05) is 10.1 Å². The van der Waals surface area contributed by atoms with Crippen LogP contribution in [-0.4, -0.2) is 24.3 Å². The lowest BCUT2D eigenvalue weighted by atomic mass is 9.88. The predicted octanol–water partition coefficient (Wildman–Crippen LogP) is 4.70. The number of fused-ring (bicyclic) bond motifs is 1. The van der Waals surface area contributed by atoms with Crippen molar-refractivity contribution in [3.05, 3.63) is 22.8 Å². The molecule has 0 spiro atoms. The number of methoxy groups -OCH3 is 1. The minimum absolute atomic E-state index is 0.00528. The Bertz CT molecular complexity index is 740. The van der Waals surface area contributed by atoms with Crippen molar-refractivity contribution in [2.24, 2.45) is 5.92 Å². The SMILES string of the molecule is COc1cc2c(O[C@H]3CCCC(C)C3)c(C(=O)O)sc2cc1F. The molecule has 0 radical (unpaired) electrons. The normalized spacial score (nSPS) is 21.3. The molecule has 1 aromatic heterocycles. The summed E-state index contributed by atoms with van der Waals surface area (Å²) in [6.07, 6.45) is 4.09. The van der Waals surface area contributed by atoms with E-state index in [-0.39, 0.29) is 16.7 Å². The van der Waals surface area contributed by atoms with Gasteiger partial charge in [0.25, 0.3) is 0 Å². The molecule has 6 heteroatoms. The molecule has 1 aliphatic rings. The third-order valence-electron chi connectivity index (χ3n) is 4.28. The summed E-state index contributed by atoms with van der Waals surface area (Å²) in [5, 5.41) is 10.1. The molecule has 1 N–H and O–H groups in total. The summed E-state index contributed by atoms with van der Waals surface area (Å²) < 4.78 is 25.5. The maximum absolute atomic E-state index is 13.9. The van der Waals surface area contributed by atoms with Crippen molar-refractivity contribution in [2.45, 2.75) is 38.7 Å². The number of carboxylic acid groups (broad SMARTS) is 1. The second-order valence-electron chi connectivity index (χ2n) is 6.06. The highest BCUT2D eigenvalue weighted by Crippen LogP contribution is 2.42. The predicted molar refractivity (Wildman–Crippen MR) is 87.3 cm³/mol. The van der Waals surface area contributed by atoms with E-state index in [1.54, 1.807) is 0 Å². The molecule has 1 unspecified atom stereocenters. The summed E-state index contributed by atoms with van der Waals surface area (Å²) in [5.74, 6) is -0.552. The fourth-order valence-corrected chi connectivity index (χ4v) is 4.12. The van der Waals surface area contributed by atoms with Gasteiger partial charge in [-0.1, -0.05) is 13.3 Å². The van der Waals surface area contributed by atoms with Gasteiger partial charge in [0.15, 0.2) is 22.2 Å². The van der Waals surface area contributed by atoms with Crippen LogP contribution in [0.1, 0.15) is 42.3 Å². The van der Waals surface area contributed by atoms with Crippen molar-refractivity contribution in [1.82, 2.24) is 0 Å². The number of hydrogen-bond acceptors (Lipinski definition) is 4. The second-order valence-corrected chi connectivity index (χ2v) is 7.11. The smallest absolute Gasteiger partial charge is 0.349 e. The maximum atomic E-state index is 13.9. The van der Waals surface area contributed by atoms with Crippen molar-refractivity contribution in [1.29, 1.82) is 0 Å². The highest BCUT2D eigenvalue weighted by Gasteiger charge is 2.26. The molecule has 0 saturated heterocycles. The van der Waals surface area contributed by atoms with Gasteiger partial charge in [-0.05, 0) is 37.3 Å². The Labute approximate surface area is 137 Å². The molecule has 4 nitrogen and oxygen atoms in total. The van der Waals surface area contributed by atoms with Crippen LogP contribution in [0.3, 0.4) is 0 Å². The molecule has 1 aromatic carbocycles. The zero-order valence-electron chi connectivity index (χ0n) is 13.1. The lowest BCUT2D eigenvalue weighted by Gasteiger charge is -2.27. The zero-order chi connectivity index (χ0) is 16.6. The van der Waals surface area contributed by atoms with E-state index in [0.717, 1.165) is 30.6 Å². The van der Waals surface area contributed by atoms with Crippen LogP contribution < -0.4 is 9.47 Å². The minimum Gasteiger partial charge on any atom is -0.494 e. The van der Waals surface area contributed by atoms with E-state index in [1.165, 1.54) is 25.7 Å². The summed E-state index contributed by atoms with van der Waals surface area (Å²) in [4.78, 5) is 11.7. The Morgan fingerprint density at radius 3 is 2.83 bits per heavy atom. The lowest BCUT2D eigenvalue weighted by Crippen LogP contribution is -2.24. The number of hydrogen-bond donors (Lipinski definition) is 1. The van der Waals surface area contributed by atoms with E-state index < -0.39 is 11.8 Å². The highest BCUT2D eigenvalue weighted by atomic mass is 32.1. The average Bonchev–Trinajstić information content (AvgIpc) is 2.84. The molecule has 1 saturated carbocycles. The van der Waals surface area contributed by atoms with Crippen LogP contribution in [0.5, 0.6) is 11.5 Å². The summed E-state index contributed by atoms with van der Waals surface area (Å²) in [7, 11) is 1.39. The van der Waals surface area contributed by atoms with Gasteiger partial charge in [0.2, 0.25) is 0 Å². The van der Waals surface area contributed by atoms with Gasteiger partial charge < -0.3 is 14.6 Å². The number of carboxylic acids is 1. The summed E-state index contributed by atoms with van der Waals surface area (Å²) in [5.41, 5.74) is 0. The summed E-state index contributed by atoms with van der Waals surface area (Å²) in [6.45, 7) is 2.18. The van der Waals surface area contributed by atoms with Crippen molar-refractivity contribution in [3.63, 3.8) is 0 Å². The number of ether oxygens (including phenoxy) is 2. The first-order valence-corrected chi connectivity index (χ1v) is 8.51. The molecular weight excluding hydrogens is 319 g/mol. The van der Waals surface area contributed by atoms with Gasteiger partial charge in [0.05, 0.1) is 13.2 Å². The quantitative estimate of drug-likeness (QED) is 0.877. The Morgan fingerprint density at radius 1 is 1.39 bits per heavy atom. The summed E-state index contributed by atoms with van der Waals surface area (Å²) >= 11 is 1.03. The highest BCUT2D eigenvalue weighted by molar-refractivity contribution is 7.21. The van der Waals surface area contributed by atoms with E-state index in [2.05, 4.69) is 6.92 Å². The molecule has 2 atom stereocenters. The van der Waals surface area contributed by atoms with Crippen molar-refractivity contribution in [3.8, 4) is 11.5 Å². The lowest BCUT2D eigenvalue weighted by molar-refractivity contribution is 0.0690. The van der Waals surface area contributed by atoms with E-state index >= 15 is 0 Å². The van der Waals surface area contributed by atoms with Gasteiger partial charge in [-0.3, -0.25) is 0 Å². The van der Waals surface area contributed by atoms with Crippen molar-refractivity contribution >= 4 is 27.4 Å². The van der Waals surface area contributed by atoms with Crippen molar-refractivity contribution in [2.75, 3.05) is 7.11 Å². The van der Waals surface area contributed by atoms with E-state index in [0.29, 0.717) is 21.8 Å². The molecule has 2 aromatic rings. The van der Waals surface area contributed by atoms with Gasteiger partial charge >= 0.3 is 5.97 Å². The van der Waals surface area contributed by atoms with Crippen LogP contribution >= 0.6 is 11.3 Å². The molecule has 23 heavy (non-hydrogen) atoms. The average molecular weight is 338 g/mol. The number of aromatic carboxylic acids is 1. The standard InChI is InChI=1S/C17H19FO4S/c1-9-4-3-5-10(6-9)22-15-11-7-13(21-2)12(18)8-14(11)23-16(15)17(19)20/h7-10H,3-6H2,1-2H3,(H,19,20)/t9?,10-/m0/s1. The molecule has 124 valence electrons. The van der Waals surface area contributed by atoms with E-state index in [4.69, 9.17) is 9.47 Å². The van der Waals surface area contributed by atoms with Gasteiger partial charge in [-0.25, -0.2) is 9.18 Å². The molecule has 0 amide bonds. The maximum Gasteiger partial charge on any atom is 0.349 e. The Hall–Kier alpha value is -1.82. The van der Waals surface area contributed by atoms with E-state index in [1.807, 2.05) is 0 Å². The second kappa shape index (κ2) is 6.35. The number of rotatable bonds is 4. The minimum atomic E-state index is -1.05. The first kappa shape index (κ1) is 16.1. The number of benzene rings is 1. The molecule has 0 bridgehead atoms. The van der Waals surface area contributed by atoms with Crippen LogP contribution in [0.4, 0.5) is 4.39 Å². The Balaban J connectivity index is 2.05. The monoisotopic (exact) mass is 338 g/mol. The molecule has 1 aliphatic carbocycles. The topological polar surface area (TPSA) is 55.8 Å². The van der Waals surface area contributed by atoms with Crippen LogP contribution in [-0.2, 0) is 0 Å². The Morgan fingerprint density at radius 2 is 2.17 bits per heavy atom. The first-order chi connectivity index (χ1) is 11.0. The molecule has 1 heterocycles. The van der Waals surface area contributed by atoms with Crippen LogP contribution in [0.15, 0.2) is 12.1 Å². The fraction of sp³-hybridized carbons (Fsp3) is 0.471. The largest absolute Gasteiger partial charge is 0.494 e.